The Hall–Kier alpha value is -2.24. The fourth-order valence-electron chi connectivity index (χ4n) is 1.85. The highest BCUT2D eigenvalue weighted by Crippen LogP contribution is 2.17. The zero-order valence-electron chi connectivity index (χ0n) is 13.0. The molecule has 0 radical (unpaired) electrons. The van der Waals surface area contributed by atoms with Gasteiger partial charge in [-0.25, -0.2) is 4.79 Å². The summed E-state index contributed by atoms with van der Waals surface area (Å²) in [6.07, 6.45) is 2.04. The van der Waals surface area contributed by atoms with Crippen molar-refractivity contribution in [2.45, 2.75) is 39.2 Å². The molecule has 0 bridgehead atoms. The quantitative estimate of drug-likeness (QED) is 0.692. The van der Waals surface area contributed by atoms with Gasteiger partial charge in [0.05, 0.1) is 6.61 Å². The summed E-state index contributed by atoms with van der Waals surface area (Å²) < 4.78 is 10.6. The van der Waals surface area contributed by atoms with Gasteiger partial charge in [-0.3, -0.25) is 4.79 Å². The number of aliphatic carboxylic acids is 1. The average Bonchev–Trinajstić information content (AvgIpc) is 2.50. The van der Waals surface area contributed by atoms with Crippen LogP contribution in [0, 0.1) is 0 Å². The summed E-state index contributed by atoms with van der Waals surface area (Å²) in [6, 6.07) is 6.03. The van der Waals surface area contributed by atoms with Crippen LogP contribution in [0.4, 0.5) is 0 Å². The Morgan fingerprint density at radius 1 is 1.14 bits per heavy atom. The molecule has 0 heterocycles. The molecule has 0 aliphatic heterocycles. The first-order valence-electron chi connectivity index (χ1n) is 7.44. The van der Waals surface area contributed by atoms with Crippen molar-refractivity contribution in [3.63, 3.8) is 0 Å². The van der Waals surface area contributed by atoms with Crippen molar-refractivity contribution >= 4 is 11.9 Å². The molecule has 1 aromatic carbocycles. The van der Waals surface area contributed by atoms with E-state index in [1.165, 1.54) is 0 Å². The average molecular weight is 309 g/mol. The maximum atomic E-state index is 11.7. The van der Waals surface area contributed by atoms with E-state index in [9.17, 15) is 9.59 Å². The van der Waals surface area contributed by atoms with Crippen LogP contribution in [-0.4, -0.2) is 36.2 Å². The van der Waals surface area contributed by atoms with E-state index in [1.807, 2.05) is 13.8 Å². The van der Waals surface area contributed by atoms with E-state index in [2.05, 4.69) is 5.32 Å². The van der Waals surface area contributed by atoms with Crippen LogP contribution in [0.15, 0.2) is 24.3 Å². The Kier molecular flexibility index (Phi) is 7.81. The van der Waals surface area contributed by atoms with Crippen LogP contribution < -0.4 is 14.8 Å². The van der Waals surface area contributed by atoms with E-state index in [0.29, 0.717) is 18.8 Å². The summed E-state index contributed by atoms with van der Waals surface area (Å²) in [5, 5.41) is 11.5. The van der Waals surface area contributed by atoms with Gasteiger partial charge in [-0.1, -0.05) is 19.8 Å². The summed E-state index contributed by atoms with van der Waals surface area (Å²) in [5.41, 5.74) is 0. The molecular weight excluding hydrogens is 286 g/mol. The molecule has 1 aromatic rings. The molecule has 0 spiro atoms. The van der Waals surface area contributed by atoms with Crippen molar-refractivity contribution in [2.24, 2.45) is 0 Å². The van der Waals surface area contributed by atoms with Crippen molar-refractivity contribution in [3.05, 3.63) is 24.3 Å². The van der Waals surface area contributed by atoms with Crippen molar-refractivity contribution in [1.82, 2.24) is 5.32 Å². The van der Waals surface area contributed by atoms with Gasteiger partial charge >= 0.3 is 5.97 Å². The van der Waals surface area contributed by atoms with Gasteiger partial charge in [-0.05, 0) is 37.6 Å². The van der Waals surface area contributed by atoms with Gasteiger partial charge in [-0.15, -0.1) is 0 Å². The van der Waals surface area contributed by atoms with Gasteiger partial charge in [0, 0.05) is 0 Å². The monoisotopic (exact) mass is 309 g/mol. The Labute approximate surface area is 130 Å². The second kappa shape index (κ2) is 9.65. The van der Waals surface area contributed by atoms with E-state index >= 15 is 0 Å². The van der Waals surface area contributed by atoms with Crippen molar-refractivity contribution in [3.8, 4) is 11.5 Å². The first-order valence-corrected chi connectivity index (χ1v) is 7.44. The van der Waals surface area contributed by atoms with Crippen LogP contribution in [0.5, 0.6) is 11.5 Å². The molecule has 0 saturated carbocycles. The number of carboxylic acid groups (broad SMARTS) is 1. The number of amides is 1. The number of hydrogen-bond acceptors (Lipinski definition) is 4. The number of rotatable bonds is 10. The van der Waals surface area contributed by atoms with Crippen LogP contribution in [-0.2, 0) is 9.59 Å². The van der Waals surface area contributed by atoms with E-state index in [4.69, 9.17) is 14.6 Å². The fourth-order valence-corrected chi connectivity index (χ4v) is 1.85. The molecule has 0 aliphatic carbocycles. The van der Waals surface area contributed by atoms with E-state index < -0.39 is 17.9 Å². The summed E-state index contributed by atoms with van der Waals surface area (Å²) in [7, 11) is 0. The van der Waals surface area contributed by atoms with Gasteiger partial charge in [0.2, 0.25) is 0 Å². The standard InChI is InChI=1S/C16H23NO5/c1-3-5-6-14(16(19)20)17-15(18)11-22-13-9-7-12(8-10-13)21-4-2/h7-10,14H,3-6,11H2,1-2H3,(H,17,18)(H,19,20). The molecule has 6 heteroatoms. The summed E-state index contributed by atoms with van der Waals surface area (Å²) in [6.45, 7) is 4.22. The number of nitrogens with one attached hydrogen (secondary N) is 1. The van der Waals surface area contributed by atoms with Gasteiger partial charge in [-0.2, -0.15) is 0 Å². The molecule has 6 nitrogen and oxygen atoms in total. The second-order valence-electron chi connectivity index (χ2n) is 4.79. The zero-order valence-corrected chi connectivity index (χ0v) is 13.0. The van der Waals surface area contributed by atoms with Crippen molar-refractivity contribution in [1.29, 1.82) is 0 Å². The number of carbonyl (C=O) groups excluding carboxylic acids is 1. The number of carbonyl (C=O) groups is 2. The van der Waals surface area contributed by atoms with E-state index in [0.717, 1.165) is 18.6 Å². The molecule has 1 rings (SSSR count). The topological polar surface area (TPSA) is 84.9 Å². The van der Waals surface area contributed by atoms with Gasteiger partial charge < -0.3 is 19.9 Å². The lowest BCUT2D eigenvalue weighted by Crippen LogP contribution is -2.42. The van der Waals surface area contributed by atoms with Crippen molar-refractivity contribution in [2.75, 3.05) is 13.2 Å². The third-order valence-corrected chi connectivity index (χ3v) is 2.98. The maximum absolute atomic E-state index is 11.7. The molecule has 2 N–H and O–H groups in total. The minimum absolute atomic E-state index is 0.218. The zero-order chi connectivity index (χ0) is 16.4. The van der Waals surface area contributed by atoms with Crippen LogP contribution in [0.25, 0.3) is 0 Å². The Balaban J connectivity index is 2.42. The third-order valence-electron chi connectivity index (χ3n) is 2.98. The minimum Gasteiger partial charge on any atom is -0.494 e. The number of hydrogen-bond donors (Lipinski definition) is 2. The largest absolute Gasteiger partial charge is 0.494 e. The van der Waals surface area contributed by atoms with Gasteiger partial charge in [0.25, 0.3) is 5.91 Å². The van der Waals surface area contributed by atoms with Gasteiger partial charge in [0.15, 0.2) is 6.61 Å². The smallest absolute Gasteiger partial charge is 0.326 e. The van der Waals surface area contributed by atoms with Crippen LogP contribution in [0.2, 0.25) is 0 Å². The highest BCUT2D eigenvalue weighted by Gasteiger charge is 2.19. The predicted molar refractivity (Wildman–Crippen MR) is 82.2 cm³/mol. The lowest BCUT2D eigenvalue weighted by atomic mass is 10.1. The summed E-state index contributed by atoms with van der Waals surface area (Å²) >= 11 is 0. The number of benzene rings is 1. The summed E-state index contributed by atoms with van der Waals surface area (Å²) in [4.78, 5) is 22.8. The minimum atomic E-state index is -1.03. The van der Waals surface area contributed by atoms with Crippen molar-refractivity contribution < 1.29 is 24.2 Å². The molecular formula is C16H23NO5. The summed E-state index contributed by atoms with van der Waals surface area (Å²) in [5.74, 6) is -0.218. The number of unbranched alkanes of at least 4 members (excludes halogenated alkanes) is 1. The third kappa shape index (κ3) is 6.47. The van der Waals surface area contributed by atoms with E-state index in [-0.39, 0.29) is 6.61 Å². The Morgan fingerprint density at radius 2 is 1.73 bits per heavy atom. The SMILES string of the molecule is CCCCC(NC(=O)COc1ccc(OCC)cc1)C(=O)O. The molecule has 22 heavy (non-hydrogen) atoms. The molecule has 0 aliphatic rings. The van der Waals surface area contributed by atoms with E-state index in [1.54, 1.807) is 24.3 Å². The Bertz CT molecular complexity index is 472. The fraction of sp³-hybridized carbons (Fsp3) is 0.500. The molecule has 1 amide bonds. The van der Waals surface area contributed by atoms with Crippen LogP contribution >= 0.6 is 0 Å². The molecule has 0 saturated heterocycles. The molecule has 0 aromatic heterocycles. The highest BCUT2D eigenvalue weighted by atomic mass is 16.5. The van der Waals surface area contributed by atoms with Crippen LogP contribution in [0.3, 0.4) is 0 Å². The predicted octanol–water partition coefficient (Wildman–Crippen LogP) is 2.22. The highest BCUT2D eigenvalue weighted by molar-refractivity contribution is 5.84. The first-order chi connectivity index (χ1) is 10.6. The lowest BCUT2D eigenvalue weighted by Gasteiger charge is -2.14. The Morgan fingerprint density at radius 3 is 2.23 bits per heavy atom. The van der Waals surface area contributed by atoms with Crippen LogP contribution in [0.1, 0.15) is 33.1 Å². The molecule has 0 fully saturated rings. The normalized spacial score (nSPS) is 11.5. The first kappa shape index (κ1) is 17.8. The molecule has 1 atom stereocenters. The van der Waals surface area contributed by atoms with Gasteiger partial charge in [0.1, 0.15) is 17.5 Å². The molecule has 1 unspecified atom stereocenters. The molecule has 122 valence electrons. The lowest BCUT2D eigenvalue weighted by molar-refractivity contribution is -0.142. The number of ether oxygens (including phenoxy) is 2. The number of carboxylic acids is 1. The second-order valence-corrected chi connectivity index (χ2v) is 4.79. The maximum Gasteiger partial charge on any atom is 0.326 e.